The van der Waals surface area contributed by atoms with Gasteiger partial charge >= 0.3 is 0 Å². The number of H-pyrrole nitrogens is 1. The van der Waals surface area contributed by atoms with Crippen LogP contribution in [0.15, 0.2) is 0 Å². The molecule has 0 aromatic carbocycles. The highest BCUT2D eigenvalue weighted by atomic mass is 16.5. The zero-order valence-electron chi connectivity index (χ0n) is 11.3. The molecule has 0 fully saturated rings. The van der Waals surface area contributed by atoms with Crippen molar-refractivity contribution in [1.82, 2.24) is 20.4 Å². The molecule has 1 aromatic heterocycles. The molecule has 0 amide bonds. The lowest BCUT2D eigenvalue weighted by atomic mass is 10.2. The fraction of sp³-hybridized carbons (Fsp3) is 0.750. The molecule has 1 rings (SSSR count). The van der Waals surface area contributed by atoms with E-state index in [9.17, 15) is 0 Å². The van der Waals surface area contributed by atoms with Gasteiger partial charge in [-0.1, -0.05) is 0 Å². The molecule has 1 heterocycles. The summed E-state index contributed by atoms with van der Waals surface area (Å²) in [5.41, 5.74) is 3.48. The third-order valence-electron chi connectivity index (χ3n) is 2.69. The summed E-state index contributed by atoms with van der Waals surface area (Å²) in [5, 5.41) is 10.5. The van der Waals surface area contributed by atoms with Gasteiger partial charge in [0.05, 0.1) is 18.9 Å². The van der Waals surface area contributed by atoms with Crippen molar-refractivity contribution >= 4 is 0 Å². The van der Waals surface area contributed by atoms with Crippen molar-refractivity contribution in [3.8, 4) is 0 Å². The molecule has 2 N–H and O–H groups in total. The highest BCUT2D eigenvalue weighted by Crippen LogP contribution is 2.07. The number of aromatic amines is 1. The average molecular weight is 240 g/mol. The number of hydrogen-bond donors (Lipinski definition) is 2. The second kappa shape index (κ2) is 7.42. The third kappa shape index (κ3) is 5.30. The van der Waals surface area contributed by atoms with Gasteiger partial charge in [0, 0.05) is 30.9 Å². The minimum Gasteiger partial charge on any atom is -0.379 e. The van der Waals surface area contributed by atoms with E-state index >= 15 is 0 Å². The number of aryl methyl sites for hydroxylation is 2. The molecular weight excluding hydrogens is 216 g/mol. The Morgan fingerprint density at radius 3 is 2.65 bits per heavy atom. The van der Waals surface area contributed by atoms with Crippen molar-refractivity contribution in [1.29, 1.82) is 0 Å². The topological polar surface area (TPSA) is 53.2 Å². The molecule has 5 nitrogen and oxygen atoms in total. The van der Waals surface area contributed by atoms with Crippen molar-refractivity contribution in [2.24, 2.45) is 0 Å². The molecular formula is C12H24N4O. The van der Waals surface area contributed by atoms with Gasteiger partial charge in [-0.05, 0) is 27.9 Å². The first-order chi connectivity index (χ1) is 8.11. The molecule has 0 aliphatic heterocycles. The molecule has 0 spiro atoms. The summed E-state index contributed by atoms with van der Waals surface area (Å²) >= 11 is 0. The molecule has 0 saturated heterocycles. The van der Waals surface area contributed by atoms with Crippen LogP contribution in [-0.4, -0.2) is 55.5 Å². The molecule has 0 unspecified atom stereocenters. The van der Waals surface area contributed by atoms with Crippen molar-refractivity contribution < 1.29 is 4.74 Å². The molecule has 5 heteroatoms. The highest BCUT2D eigenvalue weighted by Gasteiger charge is 2.04. The summed E-state index contributed by atoms with van der Waals surface area (Å²) in [6.45, 7) is 8.31. The van der Waals surface area contributed by atoms with E-state index < -0.39 is 0 Å². The van der Waals surface area contributed by atoms with Crippen molar-refractivity contribution in [2.45, 2.75) is 20.4 Å². The number of nitrogens with one attached hydrogen (secondary N) is 2. The van der Waals surface area contributed by atoms with Crippen molar-refractivity contribution in [3.05, 3.63) is 17.0 Å². The first-order valence-corrected chi connectivity index (χ1v) is 6.05. The largest absolute Gasteiger partial charge is 0.379 e. The van der Waals surface area contributed by atoms with Gasteiger partial charge in [-0.3, -0.25) is 5.10 Å². The van der Waals surface area contributed by atoms with Crippen LogP contribution in [0.25, 0.3) is 0 Å². The Hall–Kier alpha value is -0.910. The Morgan fingerprint density at radius 1 is 1.29 bits per heavy atom. The second-order valence-corrected chi connectivity index (χ2v) is 4.50. The van der Waals surface area contributed by atoms with Gasteiger partial charge in [-0.25, -0.2) is 0 Å². The zero-order valence-corrected chi connectivity index (χ0v) is 11.3. The summed E-state index contributed by atoms with van der Waals surface area (Å²) in [6.07, 6.45) is 0. The fourth-order valence-corrected chi connectivity index (χ4v) is 1.54. The number of nitrogens with zero attached hydrogens (tertiary/aromatic N) is 2. The molecule has 0 radical (unpaired) electrons. The van der Waals surface area contributed by atoms with Crippen LogP contribution in [0.5, 0.6) is 0 Å². The fourth-order valence-electron chi connectivity index (χ4n) is 1.54. The average Bonchev–Trinajstić information content (AvgIpc) is 2.58. The van der Waals surface area contributed by atoms with E-state index in [1.165, 1.54) is 5.56 Å². The van der Waals surface area contributed by atoms with E-state index in [2.05, 4.69) is 20.4 Å². The number of ether oxygens (including phenoxy) is 1. The quantitative estimate of drug-likeness (QED) is 0.657. The smallest absolute Gasteiger partial charge is 0.0638 e. The Morgan fingerprint density at radius 2 is 2.06 bits per heavy atom. The van der Waals surface area contributed by atoms with E-state index in [0.717, 1.165) is 44.2 Å². The number of likely N-dealkylation sites (N-methyl/N-ethyl adjacent to an activating group) is 1. The minimum atomic E-state index is 0.754. The monoisotopic (exact) mass is 240 g/mol. The first-order valence-electron chi connectivity index (χ1n) is 6.05. The maximum absolute atomic E-state index is 5.50. The second-order valence-electron chi connectivity index (χ2n) is 4.50. The van der Waals surface area contributed by atoms with Gasteiger partial charge in [0.25, 0.3) is 0 Å². The van der Waals surface area contributed by atoms with E-state index in [1.807, 2.05) is 27.9 Å². The Kier molecular flexibility index (Phi) is 6.18. The standard InChI is InChI=1S/C12H24N4O/c1-10-12(11(2)15-14-10)9-13-5-7-17-8-6-16(3)4/h13H,5-9H2,1-4H3,(H,14,15). The zero-order chi connectivity index (χ0) is 12.7. The molecule has 17 heavy (non-hydrogen) atoms. The Labute approximate surface area is 104 Å². The number of hydrogen-bond acceptors (Lipinski definition) is 4. The molecule has 1 aromatic rings. The van der Waals surface area contributed by atoms with Crippen LogP contribution in [-0.2, 0) is 11.3 Å². The molecule has 0 aliphatic rings. The maximum atomic E-state index is 5.50. The SMILES string of the molecule is Cc1n[nH]c(C)c1CNCCOCCN(C)C. The lowest BCUT2D eigenvalue weighted by Gasteiger charge is -2.10. The van der Waals surface area contributed by atoms with E-state index in [0.29, 0.717) is 0 Å². The van der Waals surface area contributed by atoms with Gasteiger partial charge in [-0.2, -0.15) is 5.10 Å². The molecule has 0 aliphatic carbocycles. The first kappa shape index (κ1) is 14.2. The van der Waals surface area contributed by atoms with Crippen LogP contribution < -0.4 is 5.32 Å². The summed E-state index contributed by atoms with van der Waals surface area (Å²) in [6, 6.07) is 0. The van der Waals surface area contributed by atoms with Gasteiger partial charge in [0.2, 0.25) is 0 Å². The molecule has 98 valence electrons. The van der Waals surface area contributed by atoms with Crippen LogP contribution in [0.3, 0.4) is 0 Å². The van der Waals surface area contributed by atoms with Crippen LogP contribution in [0.4, 0.5) is 0 Å². The van der Waals surface area contributed by atoms with Crippen LogP contribution in [0, 0.1) is 13.8 Å². The summed E-state index contributed by atoms with van der Waals surface area (Å²) in [7, 11) is 4.10. The third-order valence-corrected chi connectivity index (χ3v) is 2.69. The molecule has 0 atom stereocenters. The van der Waals surface area contributed by atoms with E-state index in [-0.39, 0.29) is 0 Å². The summed E-state index contributed by atoms with van der Waals surface area (Å²) in [5.74, 6) is 0. The number of aromatic nitrogens is 2. The molecule has 0 saturated carbocycles. The van der Waals surface area contributed by atoms with Gasteiger partial charge in [0.1, 0.15) is 0 Å². The van der Waals surface area contributed by atoms with Crippen molar-refractivity contribution in [3.63, 3.8) is 0 Å². The highest BCUT2D eigenvalue weighted by molar-refractivity contribution is 5.22. The van der Waals surface area contributed by atoms with Crippen molar-refractivity contribution in [2.75, 3.05) is 40.4 Å². The van der Waals surface area contributed by atoms with Crippen LogP contribution in [0.2, 0.25) is 0 Å². The van der Waals surface area contributed by atoms with E-state index in [1.54, 1.807) is 0 Å². The Bertz CT molecular complexity index is 303. The van der Waals surface area contributed by atoms with E-state index in [4.69, 9.17) is 4.74 Å². The van der Waals surface area contributed by atoms with Gasteiger partial charge in [-0.15, -0.1) is 0 Å². The minimum absolute atomic E-state index is 0.754. The Balaban J connectivity index is 2.05. The predicted molar refractivity (Wildman–Crippen MR) is 69.1 cm³/mol. The lowest BCUT2D eigenvalue weighted by molar-refractivity contribution is 0.119. The maximum Gasteiger partial charge on any atom is 0.0638 e. The van der Waals surface area contributed by atoms with Crippen LogP contribution >= 0.6 is 0 Å². The lowest BCUT2D eigenvalue weighted by Crippen LogP contribution is -2.23. The van der Waals surface area contributed by atoms with Gasteiger partial charge < -0.3 is 15.0 Å². The normalized spacial score (nSPS) is 11.4. The summed E-state index contributed by atoms with van der Waals surface area (Å²) in [4.78, 5) is 2.12. The molecule has 0 bridgehead atoms. The summed E-state index contributed by atoms with van der Waals surface area (Å²) < 4.78 is 5.50. The number of rotatable bonds is 8. The predicted octanol–water partition coefficient (Wildman–Crippen LogP) is 0.694. The van der Waals surface area contributed by atoms with Crippen LogP contribution in [0.1, 0.15) is 17.0 Å². The van der Waals surface area contributed by atoms with Gasteiger partial charge in [0.15, 0.2) is 0 Å².